The molecule has 6 heteroatoms. The van der Waals surface area contributed by atoms with E-state index >= 15 is 0 Å². The number of aromatic nitrogens is 2. The van der Waals surface area contributed by atoms with Crippen molar-refractivity contribution in [3.05, 3.63) is 18.1 Å². The average Bonchev–Trinajstić information content (AvgIpc) is 1.86. The summed E-state index contributed by atoms with van der Waals surface area (Å²) in [4.78, 5) is 7.29. The van der Waals surface area contributed by atoms with Crippen molar-refractivity contribution in [2.45, 2.75) is 11.9 Å². The van der Waals surface area contributed by atoms with Gasteiger partial charge in [0.25, 0.3) is 9.05 Å². The van der Waals surface area contributed by atoms with Crippen LogP contribution < -0.4 is 0 Å². The molecule has 0 unspecified atom stereocenters. The predicted molar refractivity (Wildman–Crippen MR) is 39.8 cm³/mol. The number of hydrogen-bond acceptors (Lipinski definition) is 4. The van der Waals surface area contributed by atoms with Crippen LogP contribution in [-0.4, -0.2) is 18.4 Å². The van der Waals surface area contributed by atoms with Crippen LogP contribution in [0.3, 0.4) is 0 Å². The third kappa shape index (κ3) is 2.13. The quantitative estimate of drug-likeness (QED) is 0.615. The van der Waals surface area contributed by atoms with Gasteiger partial charge in [-0.1, -0.05) is 0 Å². The maximum absolute atomic E-state index is 10.6. The summed E-state index contributed by atoms with van der Waals surface area (Å²) in [6, 6.07) is 0. The highest BCUT2D eigenvalue weighted by molar-refractivity contribution is 8.13. The molecule has 0 aliphatic carbocycles. The molecule has 0 aromatic carbocycles. The lowest BCUT2D eigenvalue weighted by Crippen LogP contribution is -1.97. The SMILES string of the molecule is Cc1cncc(S(=O)(=O)Cl)n1. The summed E-state index contributed by atoms with van der Waals surface area (Å²) in [6.07, 6.45) is 2.56. The fourth-order valence-corrected chi connectivity index (χ4v) is 1.22. The van der Waals surface area contributed by atoms with Crippen molar-refractivity contribution in [3.63, 3.8) is 0 Å². The summed E-state index contributed by atoms with van der Waals surface area (Å²) in [5.41, 5.74) is 0.520. The first-order valence-corrected chi connectivity index (χ1v) is 5.04. The molecule has 0 aliphatic heterocycles. The van der Waals surface area contributed by atoms with Crippen LogP contribution in [0.2, 0.25) is 0 Å². The van der Waals surface area contributed by atoms with Crippen molar-refractivity contribution >= 4 is 19.7 Å². The van der Waals surface area contributed by atoms with Crippen LogP contribution in [0.5, 0.6) is 0 Å². The van der Waals surface area contributed by atoms with Gasteiger partial charge in [-0.05, 0) is 6.92 Å². The summed E-state index contributed by atoms with van der Waals surface area (Å²) >= 11 is 0. The summed E-state index contributed by atoms with van der Waals surface area (Å²) in [7, 11) is 1.27. The fourth-order valence-electron chi connectivity index (χ4n) is 0.558. The Morgan fingerprint density at radius 3 is 2.45 bits per heavy atom. The summed E-state index contributed by atoms with van der Waals surface area (Å²) < 4.78 is 21.3. The molecule has 0 bridgehead atoms. The van der Waals surface area contributed by atoms with Crippen LogP contribution in [-0.2, 0) is 9.05 Å². The van der Waals surface area contributed by atoms with E-state index in [-0.39, 0.29) is 5.03 Å². The van der Waals surface area contributed by atoms with Gasteiger partial charge in [0.2, 0.25) is 0 Å². The van der Waals surface area contributed by atoms with Crippen molar-refractivity contribution in [1.82, 2.24) is 9.97 Å². The number of aryl methyl sites for hydroxylation is 1. The first kappa shape index (κ1) is 8.42. The van der Waals surface area contributed by atoms with Gasteiger partial charge < -0.3 is 0 Å². The lowest BCUT2D eigenvalue weighted by Gasteiger charge is -1.93. The third-order valence-corrected chi connectivity index (χ3v) is 2.15. The Kier molecular flexibility index (Phi) is 2.10. The zero-order chi connectivity index (χ0) is 8.48. The van der Waals surface area contributed by atoms with E-state index in [2.05, 4.69) is 9.97 Å². The van der Waals surface area contributed by atoms with Crippen LogP contribution in [0.1, 0.15) is 5.69 Å². The normalized spacial score (nSPS) is 11.5. The minimum absolute atomic E-state index is 0.209. The zero-order valence-electron chi connectivity index (χ0n) is 5.65. The van der Waals surface area contributed by atoms with Crippen LogP contribution >= 0.6 is 10.7 Å². The number of nitrogens with zero attached hydrogens (tertiary/aromatic N) is 2. The van der Waals surface area contributed by atoms with Gasteiger partial charge >= 0.3 is 0 Å². The fraction of sp³-hybridized carbons (Fsp3) is 0.200. The van der Waals surface area contributed by atoms with Crippen molar-refractivity contribution in [1.29, 1.82) is 0 Å². The average molecular weight is 193 g/mol. The monoisotopic (exact) mass is 192 g/mol. The molecular weight excluding hydrogens is 188 g/mol. The molecular formula is C5H5ClN2O2S. The minimum Gasteiger partial charge on any atom is -0.260 e. The standard InChI is InChI=1S/C5H5ClN2O2S/c1-4-2-7-3-5(8-4)11(6,9)10/h2-3H,1H3. The molecule has 0 aliphatic rings. The van der Waals surface area contributed by atoms with E-state index in [9.17, 15) is 8.42 Å². The summed E-state index contributed by atoms with van der Waals surface area (Å²) in [6.45, 7) is 1.64. The summed E-state index contributed by atoms with van der Waals surface area (Å²) in [5.74, 6) is 0. The van der Waals surface area contributed by atoms with E-state index in [1.54, 1.807) is 6.92 Å². The molecule has 1 rings (SSSR count). The van der Waals surface area contributed by atoms with Gasteiger partial charge in [0.05, 0.1) is 11.9 Å². The van der Waals surface area contributed by atoms with Crippen molar-refractivity contribution < 1.29 is 8.42 Å². The maximum atomic E-state index is 10.6. The molecule has 0 amide bonds. The molecule has 0 radical (unpaired) electrons. The van der Waals surface area contributed by atoms with Gasteiger partial charge in [-0.3, -0.25) is 4.98 Å². The van der Waals surface area contributed by atoms with Gasteiger partial charge in [0.15, 0.2) is 5.03 Å². The highest BCUT2D eigenvalue weighted by Gasteiger charge is 2.11. The highest BCUT2D eigenvalue weighted by atomic mass is 35.7. The minimum atomic E-state index is -3.73. The molecule has 1 aromatic rings. The van der Waals surface area contributed by atoms with E-state index in [1.165, 1.54) is 6.20 Å². The van der Waals surface area contributed by atoms with E-state index in [4.69, 9.17) is 10.7 Å². The molecule has 0 fully saturated rings. The van der Waals surface area contributed by atoms with Gasteiger partial charge in [-0.15, -0.1) is 0 Å². The third-order valence-electron chi connectivity index (χ3n) is 0.983. The lowest BCUT2D eigenvalue weighted by atomic mass is 10.5. The molecule has 0 atom stereocenters. The Morgan fingerprint density at radius 1 is 1.45 bits per heavy atom. The Hall–Kier alpha value is -0.680. The molecule has 1 aromatic heterocycles. The van der Waals surface area contributed by atoms with Crippen molar-refractivity contribution in [2.75, 3.05) is 0 Å². The topological polar surface area (TPSA) is 59.9 Å². The molecule has 0 N–H and O–H groups in total. The second-order valence-corrected chi connectivity index (χ2v) is 4.45. The van der Waals surface area contributed by atoms with E-state index in [1.807, 2.05) is 0 Å². The van der Waals surface area contributed by atoms with Gasteiger partial charge in [0.1, 0.15) is 0 Å². The van der Waals surface area contributed by atoms with Gasteiger partial charge in [-0.2, -0.15) is 0 Å². The largest absolute Gasteiger partial charge is 0.280 e. The Balaban J connectivity index is 3.28. The van der Waals surface area contributed by atoms with Gasteiger partial charge in [-0.25, -0.2) is 13.4 Å². The van der Waals surface area contributed by atoms with Crippen LogP contribution in [0.4, 0.5) is 0 Å². The predicted octanol–water partition coefficient (Wildman–Crippen LogP) is 0.713. The lowest BCUT2D eigenvalue weighted by molar-refractivity contribution is 0.605. The number of halogens is 1. The molecule has 4 nitrogen and oxygen atoms in total. The Labute approximate surface area is 68.7 Å². The molecule has 0 spiro atoms. The van der Waals surface area contributed by atoms with Crippen molar-refractivity contribution in [3.8, 4) is 0 Å². The molecule has 1 heterocycles. The van der Waals surface area contributed by atoms with E-state index in [0.29, 0.717) is 5.69 Å². The van der Waals surface area contributed by atoms with Crippen LogP contribution in [0.15, 0.2) is 17.4 Å². The number of rotatable bonds is 1. The van der Waals surface area contributed by atoms with E-state index in [0.717, 1.165) is 6.20 Å². The second kappa shape index (κ2) is 2.75. The Bertz CT molecular complexity index is 363. The van der Waals surface area contributed by atoms with Crippen LogP contribution in [0, 0.1) is 6.92 Å². The smallest absolute Gasteiger partial charge is 0.260 e. The summed E-state index contributed by atoms with van der Waals surface area (Å²) in [5, 5.41) is -0.209. The molecule has 0 saturated heterocycles. The number of hydrogen-bond donors (Lipinski definition) is 0. The molecule has 60 valence electrons. The van der Waals surface area contributed by atoms with Crippen molar-refractivity contribution in [2.24, 2.45) is 0 Å². The highest BCUT2D eigenvalue weighted by Crippen LogP contribution is 2.09. The first-order valence-electron chi connectivity index (χ1n) is 2.73. The maximum Gasteiger partial charge on any atom is 0.280 e. The Morgan fingerprint density at radius 2 is 2.09 bits per heavy atom. The first-order chi connectivity index (χ1) is 5.00. The van der Waals surface area contributed by atoms with Crippen LogP contribution in [0.25, 0.3) is 0 Å². The van der Waals surface area contributed by atoms with Gasteiger partial charge in [0, 0.05) is 16.9 Å². The van der Waals surface area contributed by atoms with E-state index < -0.39 is 9.05 Å². The molecule has 0 saturated carbocycles. The second-order valence-electron chi connectivity index (χ2n) is 1.94. The molecule has 11 heavy (non-hydrogen) atoms. The zero-order valence-corrected chi connectivity index (χ0v) is 7.22.